The third-order valence-electron chi connectivity index (χ3n) is 3.76. The second-order valence-corrected chi connectivity index (χ2v) is 4.67. The largest absolute Gasteiger partial charge is 0.365 e. The number of nitrogens with one attached hydrogen (secondary N) is 2. The second-order valence-electron chi connectivity index (χ2n) is 4.67. The molecule has 2 heteroatoms. The van der Waals surface area contributed by atoms with Crippen molar-refractivity contribution < 1.29 is 0 Å². The van der Waals surface area contributed by atoms with Gasteiger partial charge in [0.25, 0.3) is 0 Å². The van der Waals surface area contributed by atoms with Gasteiger partial charge in [0.05, 0.1) is 0 Å². The summed E-state index contributed by atoms with van der Waals surface area (Å²) in [5.41, 5.74) is 2.12. The van der Waals surface area contributed by atoms with Gasteiger partial charge in [-0.2, -0.15) is 0 Å². The minimum absolute atomic E-state index is 0.676. The molecular formula is C11H16N2. The van der Waals surface area contributed by atoms with Crippen molar-refractivity contribution in [3.63, 3.8) is 0 Å². The van der Waals surface area contributed by atoms with E-state index in [0.29, 0.717) is 5.41 Å². The average molecular weight is 176 g/mol. The summed E-state index contributed by atoms with van der Waals surface area (Å²) < 4.78 is 0. The molecule has 1 spiro atoms. The number of H-pyrrole nitrogens is 1. The minimum Gasteiger partial charge on any atom is -0.365 e. The monoisotopic (exact) mass is 176 g/mol. The summed E-state index contributed by atoms with van der Waals surface area (Å²) in [7, 11) is 0. The first kappa shape index (κ1) is 7.63. The van der Waals surface area contributed by atoms with Crippen LogP contribution in [0.15, 0.2) is 18.3 Å². The molecule has 2 heterocycles. The summed E-state index contributed by atoms with van der Waals surface area (Å²) in [5.74, 6) is 0.803. The van der Waals surface area contributed by atoms with E-state index in [2.05, 4.69) is 22.4 Å². The van der Waals surface area contributed by atoms with Crippen LogP contribution in [0.3, 0.4) is 0 Å². The van der Waals surface area contributed by atoms with Gasteiger partial charge < -0.3 is 10.3 Å². The molecule has 0 aromatic carbocycles. The van der Waals surface area contributed by atoms with Crippen LogP contribution in [-0.2, 0) is 0 Å². The molecule has 0 amide bonds. The van der Waals surface area contributed by atoms with Gasteiger partial charge in [-0.15, -0.1) is 0 Å². The average Bonchev–Trinajstić information content (AvgIpc) is 2.71. The first-order valence-electron chi connectivity index (χ1n) is 5.22. The molecule has 13 heavy (non-hydrogen) atoms. The minimum atomic E-state index is 0.676. The molecule has 1 aliphatic heterocycles. The van der Waals surface area contributed by atoms with Gasteiger partial charge in [0.15, 0.2) is 0 Å². The van der Waals surface area contributed by atoms with Crippen molar-refractivity contribution in [1.29, 1.82) is 0 Å². The molecule has 1 saturated carbocycles. The summed E-state index contributed by atoms with van der Waals surface area (Å²) >= 11 is 0. The van der Waals surface area contributed by atoms with E-state index in [4.69, 9.17) is 0 Å². The van der Waals surface area contributed by atoms with Crippen LogP contribution >= 0.6 is 0 Å². The molecule has 1 aromatic rings. The van der Waals surface area contributed by atoms with Crippen LogP contribution in [0.2, 0.25) is 0 Å². The Kier molecular flexibility index (Phi) is 1.53. The lowest BCUT2D eigenvalue weighted by atomic mass is 9.79. The predicted octanol–water partition coefficient (Wildman–Crippen LogP) is 1.87. The van der Waals surface area contributed by atoms with Gasteiger partial charge >= 0.3 is 0 Å². The summed E-state index contributed by atoms with van der Waals surface area (Å²) in [4.78, 5) is 3.34. The van der Waals surface area contributed by atoms with Crippen molar-refractivity contribution in [3.8, 4) is 0 Å². The van der Waals surface area contributed by atoms with E-state index in [0.717, 1.165) is 5.92 Å². The van der Waals surface area contributed by atoms with Crippen LogP contribution in [0, 0.1) is 5.41 Å². The van der Waals surface area contributed by atoms with E-state index in [1.54, 1.807) is 0 Å². The fourth-order valence-corrected chi connectivity index (χ4v) is 2.87. The lowest BCUT2D eigenvalue weighted by Gasteiger charge is -2.39. The lowest BCUT2D eigenvalue weighted by Crippen LogP contribution is -2.51. The van der Waals surface area contributed by atoms with Gasteiger partial charge in [-0.25, -0.2) is 0 Å². The highest BCUT2D eigenvalue weighted by molar-refractivity contribution is 5.15. The van der Waals surface area contributed by atoms with Gasteiger partial charge in [-0.05, 0) is 42.7 Å². The fourth-order valence-electron chi connectivity index (χ4n) is 2.87. The Morgan fingerprint density at radius 3 is 2.85 bits per heavy atom. The Hall–Kier alpha value is -0.760. The topological polar surface area (TPSA) is 27.8 Å². The van der Waals surface area contributed by atoms with Crippen molar-refractivity contribution >= 4 is 0 Å². The van der Waals surface area contributed by atoms with Crippen molar-refractivity contribution in [3.05, 3.63) is 24.0 Å². The number of rotatable bonds is 1. The van der Waals surface area contributed by atoms with Crippen molar-refractivity contribution in [2.75, 3.05) is 13.1 Å². The second kappa shape index (κ2) is 2.61. The molecule has 3 rings (SSSR count). The maximum Gasteiger partial charge on any atom is 0.0178 e. The molecule has 2 nitrogen and oxygen atoms in total. The zero-order valence-electron chi connectivity index (χ0n) is 7.84. The predicted molar refractivity (Wildman–Crippen MR) is 52.7 cm³/mol. The van der Waals surface area contributed by atoms with Gasteiger partial charge in [0.2, 0.25) is 0 Å². The van der Waals surface area contributed by atoms with E-state index in [-0.39, 0.29) is 0 Å². The van der Waals surface area contributed by atoms with Crippen molar-refractivity contribution in [1.82, 2.24) is 10.3 Å². The number of hydrogen-bond acceptors (Lipinski definition) is 1. The molecule has 1 aliphatic carbocycles. The quantitative estimate of drug-likeness (QED) is 0.671. The summed E-state index contributed by atoms with van der Waals surface area (Å²) in [6, 6.07) is 4.34. The molecule has 70 valence electrons. The summed E-state index contributed by atoms with van der Waals surface area (Å²) in [6.07, 6.45) is 6.23. The van der Waals surface area contributed by atoms with E-state index in [9.17, 15) is 0 Å². The Balaban J connectivity index is 1.76. The third-order valence-corrected chi connectivity index (χ3v) is 3.76. The first-order valence-corrected chi connectivity index (χ1v) is 5.22. The molecule has 1 saturated heterocycles. The maximum absolute atomic E-state index is 3.40. The molecular weight excluding hydrogens is 160 g/mol. The Labute approximate surface area is 78.7 Å². The molecule has 2 N–H and O–H groups in total. The molecule has 0 radical (unpaired) electrons. The van der Waals surface area contributed by atoms with Crippen LogP contribution < -0.4 is 5.32 Å². The number of aromatic nitrogens is 1. The zero-order chi connectivity index (χ0) is 8.73. The van der Waals surface area contributed by atoms with Crippen molar-refractivity contribution in [2.24, 2.45) is 5.41 Å². The van der Waals surface area contributed by atoms with Crippen LogP contribution in [-0.4, -0.2) is 18.1 Å². The van der Waals surface area contributed by atoms with Gasteiger partial charge in [0.1, 0.15) is 0 Å². The molecule has 0 bridgehead atoms. The smallest absolute Gasteiger partial charge is 0.0178 e. The van der Waals surface area contributed by atoms with E-state index in [1.165, 1.54) is 38.0 Å². The highest BCUT2D eigenvalue weighted by Crippen LogP contribution is 2.48. The SMILES string of the molecule is c1c[nH]c(C2CCC3(CNC3)C2)c1. The van der Waals surface area contributed by atoms with E-state index >= 15 is 0 Å². The van der Waals surface area contributed by atoms with E-state index < -0.39 is 0 Å². The van der Waals surface area contributed by atoms with Gasteiger partial charge in [-0.1, -0.05) is 0 Å². The standard InChI is InChI=1S/C11H16N2/c1-2-10(13-5-1)9-3-4-11(6-9)7-12-8-11/h1-2,5,9,12-13H,3-4,6-8H2. The Morgan fingerprint density at radius 1 is 1.38 bits per heavy atom. The summed E-state index contributed by atoms with van der Waals surface area (Å²) in [5, 5.41) is 3.40. The third kappa shape index (κ3) is 1.12. The van der Waals surface area contributed by atoms with Crippen molar-refractivity contribution in [2.45, 2.75) is 25.2 Å². The number of aromatic amines is 1. The fraction of sp³-hybridized carbons (Fsp3) is 0.636. The highest BCUT2D eigenvalue weighted by atomic mass is 15.0. The number of hydrogen-bond donors (Lipinski definition) is 2. The molecule has 1 aromatic heterocycles. The van der Waals surface area contributed by atoms with Crippen LogP contribution in [0.4, 0.5) is 0 Å². The normalized spacial score (nSPS) is 30.6. The van der Waals surface area contributed by atoms with Crippen LogP contribution in [0.25, 0.3) is 0 Å². The van der Waals surface area contributed by atoms with Gasteiger partial charge in [-0.3, -0.25) is 0 Å². The molecule has 1 atom stereocenters. The molecule has 2 aliphatic rings. The molecule has 2 fully saturated rings. The maximum atomic E-state index is 3.40. The van der Waals surface area contributed by atoms with E-state index in [1.807, 2.05) is 6.20 Å². The molecule has 1 unspecified atom stereocenters. The van der Waals surface area contributed by atoms with Gasteiger partial charge in [0, 0.05) is 25.0 Å². The van der Waals surface area contributed by atoms with Crippen LogP contribution in [0.5, 0.6) is 0 Å². The zero-order valence-corrected chi connectivity index (χ0v) is 7.84. The first-order chi connectivity index (χ1) is 6.38. The highest BCUT2D eigenvalue weighted by Gasteiger charge is 2.43. The van der Waals surface area contributed by atoms with Crippen LogP contribution in [0.1, 0.15) is 30.9 Å². The Bertz CT molecular complexity index is 285. The summed E-state index contributed by atoms with van der Waals surface area (Å²) in [6.45, 7) is 2.51. The Morgan fingerprint density at radius 2 is 2.31 bits per heavy atom. The lowest BCUT2D eigenvalue weighted by molar-refractivity contribution is 0.175.